The van der Waals surface area contributed by atoms with E-state index in [1.54, 1.807) is 29.2 Å². The van der Waals surface area contributed by atoms with Gasteiger partial charge in [0.1, 0.15) is 5.75 Å². The van der Waals surface area contributed by atoms with Crippen LogP contribution >= 0.6 is 0 Å². The van der Waals surface area contributed by atoms with Crippen LogP contribution in [0, 0.1) is 5.41 Å². The van der Waals surface area contributed by atoms with Crippen molar-refractivity contribution in [1.82, 2.24) is 4.90 Å². The quantitative estimate of drug-likeness (QED) is 0.792. The average Bonchev–Trinajstić information content (AvgIpc) is 2.99. The number of amides is 1. The van der Waals surface area contributed by atoms with Gasteiger partial charge in [0, 0.05) is 24.6 Å². The summed E-state index contributed by atoms with van der Waals surface area (Å²) in [6, 6.07) is 15.9. The third-order valence-electron chi connectivity index (χ3n) is 4.68. The van der Waals surface area contributed by atoms with E-state index in [4.69, 9.17) is 4.74 Å². The molecule has 1 aliphatic rings. The van der Waals surface area contributed by atoms with E-state index in [0.717, 1.165) is 11.3 Å². The molecule has 0 aromatic heterocycles. The monoisotopic (exact) mass is 385 g/mol. The lowest BCUT2D eigenvalue weighted by atomic mass is 9.94. The smallest absolute Gasteiger partial charge is 0.223 e. The molecule has 1 amide bonds. The van der Waals surface area contributed by atoms with Crippen molar-refractivity contribution in [2.24, 2.45) is 5.41 Å². The van der Waals surface area contributed by atoms with Gasteiger partial charge in [0.2, 0.25) is 5.91 Å². The summed E-state index contributed by atoms with van der Waals surface area (Å²) >= 11 is 0. The van der Waals surface area contributed by atoms with Crippen molar-refractivity contribution in [2.45, 2.75) is 18.7 Å². The van der Waals surface area contributed by atoms with Crippen LogP contribution in [0.3, 0.4) is 0 Å². The number of nitrogens with zero attached hydrogens (tertiary/aromatic N) is 1. The summed E-state index contributed by atoms with van der Waals surface area (Å²) in [5.41, 5.74) is 0.990. The topological polar surface area (TPSA) is 63.7 Å². The van der Waals surface area contributed by atoms with Crippen LogP contribution in [-0.4, -0.2) is 38.6 Å². The van der Waals surface area contributed by atoms with Crippen LogP contribution in [0.2, 0.25) is 0 Å². The second kappa shape index (κ2) is 7.19. The Balaban J connectivity index is 1.93. The van der Waals surface area contributed by atoms with Crippen LogP contribution < -0.4 is 4.74 Å². The molecule has 2 aromatic rings. The maximum atomic E-state index is 12.9. The second-order valence-electron chi connectivity index (χ2n) is 7.09. The van der Waals surface area contributed by atoms with Crippen LogP contribution in [0.5, 0.6) is 5.75 Å². The molecule has 3 rings (SSSR count). The predicted molar refractivity (Wildman–Crippen MR) is 105 cm³/mol. The van der Waals surface area contributed by atoms with Gasteiger partial charge in [-0.2, -0.15) is 0 Å². The lowest BCUT2D eigenvalue weighted by Crippen LogP contribution is -2.34. The second-order valence-corrected chi connectivity index (χ2v) is 9.08. The number of hydrogen-bond donors (Lipinski definition) is 0. The third-order valence-corrected chi connectivity index (χ3v) is 6.71. The molecule has 1 unspecified atom stereocenters. The largest absolute Gasteiger partial charge is 0.497 e. The van der Waals surface area contributed by atoms with Crippen molar-refractivity contribution in [3.8, 4) is 5.75 Å². The van der Waals surface area contributed by atoms with Crippen LogP contribution in [0.15, 0.2) is 65.6 Å². The number of sulfone groups is 1. The number of carbonyl (C=O) groups is 1. The van der Waals surface area contributed by atoms with Crippen molar-refractivity contribution in [1.29, 1.82) is 0 Å². The molecule has 0 saturated carbocycles. The Bertz CT molecular complexity index is 965. The van der Waals surface area contributed by atoms with Crippen molar-refractivity contribution < 1.29 is 17.9 Å². The maximum absolute atomic E-state index is 12.9. The summed E-state index contributed by atoms with van der Waals surface area (Å²) in [4.78, 5) is 14.0. The van der Waals surface area contributed by atoms with E-state index in [1.807, 2.05) is 43.3 Å². The van der Waals surface area contributed by atoms with Gasteiger partial charge in [0.25, 0.3) is 0 Å². The first-order valence-corrected chi connectivity index (χ1v) is 10.3. The van der Waals surface area contributed by atoms with Gasteiger partial charge in [0.15, 0.2) is 9.84 Å². The molecule has 1 heterocycles. The van der Waals surface area contributed by atoms with E-state index in [9.17, 15) is 13.2 Å². The molecule has 1 atom stereocenters. The lowest BCUT2D eigenvalue weighted by Gasteiger charge is -2.25. The number of methoxy groups -OCH3 is 1. The molecule has 1 aliphatic heterocycles. The Kier molecular flexibility index (Phi) is 5.11. The summed E-state index contributed by atoms with van der Waals surface area (Å²) in [5, 5.41) is 0. The highest BCUT2D eigenvalue weighted by Gasteiger charge is 2.39. The number of rotatable bonds is 5. The van der Waals surface area contributed by atoms with E-state index in [2.05, 4.69) is 0 Å². The molecule has 0 saturated heterocycles. The molecule has 0 spiro atoms. The van der Waals surface area contributed by atoms with Gasteiger partial charge < -0.3 is 9.64 Å². The molecule has 0 N–H and O–H groups in total. The first kappa shape index (κ1) is 19.2. The molecule has 2 aromatic carbocycles. The number of hydrogen-bond acceptors (Lipinski definition) is 4. The van der Waals surface area contributed by atoms with Gasteiger partial charge in [-0.05, 0) is 29.8 Å². The fourth-order valence-electron chi connectivity index (χ4n) is 3.42. The van der Waals surface area contributed by atoms with E-state index in [1.165, 1.54) is 14.0 Å². The predicted octanol–water partition coefficient (Wildman–Crippen LogP) is 3.38. The van der Waals surface area contributed by atoms with Crippen LogP contribution in [0.1, 0.15) is 19.4 Å². The molecule has 6 heteroatoms. The molecular formula is C21H23NO4S. The fraction of sp³-hybridized carbons (Fsp3) is 0.286. The first-order chi connectivity index (χ1) is 12.7. The highest BCUT2D eigenvalue weighted by Crippen LogP contribution is 2.38. The lowest BCUT2D eigenvalue weighted by molar-refractivity contribution is -0.125. The van der Waals surface area contributed by atoms with E-state index < -0.39 is 15.3 Å². The molecule has 0 radical (unpaired) electrons. The summed E-state index contributed by atoms with van der Waals surface area (Å²) < 4.78 is 31.0. The third kappa shape index (κ3) is 4.06. The Morgan fingerprint density at radius 1 is 1.11 bits per heavy atom. The molecule has 27 heavy (non-hydrogen) atoms. The Morgan fingerprint density at radius 3 is 2.30 bits per heavy atom. The summed E-state index contributed by atoms with van der Waals surface area (Å²) in [5.74, 6) is 0.428. The zero-order valence-corrected chi connectivity index (χ0v) is 16.5. The first-order valence-electron chi connectivity index (χ1n) is 8.67. The van der Waals surface area contributed by atoms with Crippen LogP contribution in [-0.2, 0) is 14.6 Å². The fourth-order valence-corrected chi connectivity index (χ4v) is 5.18. The van der Waals surface area contributed by atoms with Crippen LogP contribution in [0.4, 0.5) is 0 Å². The molecule has 142 valence electrons. The molecule has 5 nitrogen and oxygen atoms in total. The molecule has 0 aliphatic carbocycles. The standard InChI is InChI=1S/C21H23NO4S/c1-16(23)22-14-21(2,13-20(22)17-7-5-4-6-8-17)15-27(24,25)19-11-9-18(26-3)10-12-19/h4-13H,14-15H2,1-3H3. The van der Waals surface area contributed by atoms with Crippen LogP contribution in [0.25, 0.3) is 5.70 Å². The summed E-state index contributed by atoms with van der Waals surface area (Å²) in [6.45, 7) is 3.71. The van der Waals surface area contributed by atoms with Gasteiger partial charge >= 0.3 is 0 Å². The highest BCUT2D eigenvalue weighted by molar-refractivity contribution is 7.91. The summed E-state index contributed by atoms with van der Waals surface area (Å²) in [6.07, 6.45) is 1.91. The van der Waals surface area contributed by atoms with Crippen molar-refractivity contribution in [2.75, 3.05) is 19.4 Å². The maximum Gasteiger partial charge on any atom is 0.223 e. The van der Waals surface area contributed by atoms with Crippen molar-refractivity contribution >= 4 is 21.4 Å². The number of ether oxygens (including phenoxy) is 1. The minimum Gasteiger partial charge on any atom is -0.497 e. The van der Waals surface area contributed by atoms with Crippen molar-refractivity contribution in [3.63, 3.8) is 0 Å². The van der Waals surface area contributed by atoms with Gasteiger partial charge in [-0.15, -0.1) is 0 Å². The Morgan fingerprint density at radius 2 is 1.74 bits per heavy atom. The SMILES string of the molecule is COc1ccc(S(=O)(=O)CC2(C)C=C(c3ccccc3)N(C(C)=O)C2)cc1. The minimum absolute atomic E-state index is 0.0769. The number of carbonyl (C=O) groups excluding carboxylic acids is 1. The van der Waals surface area contributed by atoms with Gasteiger partial charge in [0.05, 0.1) is 17.8 Å². The minimum atomic E-state index is -3.52. The molecule has 0 bridgehead atoms. The highest BCUT2D eigenvalue weighted by atomic mass is 32.2. The summed E-state index contributed by atoms with van der Waals surface area (Å²) in [7, 11) is -1.98. The Labute approximate surface area is 160 Å². The Hall–Kier alpha value is -2.60. The number of benzene rings is 2. The normalized spacial score (nSPS) is 19.7. The molecule has 0 fully saturated rings. The van der Waals surface area contributed by atoms with E-state index in [-0.39, 0.29) is 16.6 Å². The van der Waals surface area contributed by atoms with Gasteiger partial charge in [-0.1, -0.05) is 43.3 Å². The average molecular weight is 385 g/mol. The van der Waals surface area contributed by atoms with E-state index in [0.29, 0.717) is 12.3 Å². The zero-order chi connectivity index (χ0) is 19.7. The van der Waals surface area contributed by atoms with Gasteiger partial charge in [-0.25, -0.2) is 8.42 Å². The van der Waals surface area contributed by atoms with Gasteiger partial charge in [-0.3, -0.25) is 4.79 Å². The van der Waals surface area contributed by atoms with E-state index >= 15 is 0 Å². The molecular weight excluding hydrogens is 362 g/mol. The zero-order valence-electron chi connectivity index (χ0n) is 15.7. The van der Waals surface area contributed by atoms with Crippen molar-refractivity contribution in [3.05, 3.63) is 66.2 Å².